The van der Waals surface area contributed by atoms with Crippen LogP contribution in [0.2, 0.25) is 0 Å². The normalized spacial score (nSPS) is 27.8. The predicted molar refractivity (Wildman–Crippen MR) is 191 cm³/mol. The number of carbonyl (C=O) groups is 5. The average molecular weight is 755 g/mol. The van der Waals surface area contributed by atoms with Gasteiger partial charge in [0.2, 0.25) is 23.1 Å². The van der Waals surface area contributed by atoms with Crippen LogP contribution in [0.25, 0.3) is 0 Å². The molecule has 2 fully saturated rings. The van der Waals surface area contributed by atoms with Crippen LogP contribution in [0.5, 0.6) is 0 Å². The van der Waals surface area contributed by atoms with Gasteiger partial charge in [0, 0.05) is 19.8 Å². The second-order valence-corrected chi connectivity index (χ2v) is 14.2. The number of aliphatic hydroxyl groups is 2. The molecule has 0 aromatic heterocycles. The van der Waals surface area contributed by atoms with Crippen molar-refractivity contribution < 1.29 is 68.5 Å². The maximum absolute atomic E-state index is 13.2. The lowest BCUT2D eigenvalue weighted by Gasteiger charge is -2.48. The molecule has 2 heterocycles. The number of allylic oxidation sites excluding steroid dienone is 2. The molecule has 14 heteroatoms. The fourth-order valence-electron chi connectivity index (χ4n) is 7.38. The first-order chi connectivity index (χ1) is 25.6. The number of carboxylic acid groups (broad SMARTS) is 3. The van der Waals surface area contributed by atoms with Crippen LogP contribution in [0.1, 0.15) is 76.8 Å². The van der Waals surface area contributed by atoms with Crippen molar-refractivity contribution in [3.8, 4) is 0 Å². The van der Waals surface area contributed by atoms with Gasteiger partial charge in [-0.05, 0) is 67.9 Å². The Labute approximate surface area is 313 Å². The minimum atomic E-state index is -3.86. The number of ether oxygens (including phenoxy) is 4. The number of aliphatic hydroxyl groups excluding tert-OH is 1. The molecule has 54 heavy (non-hydrogen) atoms. The van der Waals surface area contributed by atoms with Gasteiger partial charge < -0.3 is 44.5 Å². The molecule has 294 valence electrons. The molecule has 9 atom stereocenters. The lowest BCUT2D eigenvalue weighted by Crippen LogP contribution is -2.78. The molecule has 0 spiro atoms. The van der Waals surface area contributed by atoms with E-state index in [0.717, 1.165) is 24.8 Å². The van der Waals surface area contributed by atoms with Crippen molar-refractivity contribution in [1.82, 2.24) is 0 Å². The number of carboxylic acids is 3. The summed E-state index contributed by atoms with van der Waals surface area (Å²) in [5.74, 6) is -10.8. The Kier molecular flexibility index (Phi) is 14.1. The molecule has 0 radical (unpaired) electrons. The highest BCUT2D eigenvalue weighted by Gasteiger charge is 2.85. The summed E-state index contributed by atoms with van der Waals surface area (Å²) in [4.78, 5) is 63.2. The molecule has 4 unspecified atom stereocenters. The maximum Gasteiger partial charge on any atom is 0.344 e. The molecule has 2 bridgehead atoms. The van der Waals surface area contributed by atoms with Crippen molar-refractivity contribution in [3.05, 3.63) is 83.9 Å². The Hall–Kier alpha value is -4.63. The molecule has 2 aliphatic heterocycles. The second-order valence-electron chi connectivity index (χ2n) is 14.2. The number of aliphatic carboxylic acids is 3. The standard InChI is InChI=1S/C40H50O14/c1-25(15-12-20-28-16-6-4-7-17-28)14-10-11-22-31(42)52-33-32(43)38(53-34(35(44)45)39(50,36(46)47)40(33,54-38)37(48)49)23-13-21-30(51-27(3)41)26(2)24-29-18-8-5-9-19-29/h4-10,14,16-19,25-26,30,32-34,43,50H,11-13,15,20-24H2,1-3H3,(H,44,45)(H,46,47)(H,48,49)/b14-10+/t25?,26?,30?,32-,33-,34-,38+,39-,40?/m1/s1. The number of aryl methyl sites for hydroxylation is 1. The van der Waals surface area contributed by atoms with Gasteiger partial charge in [0.1, 0.15) is 12.2 Å². The van der Waals surface area contributed by atoms with Crippen molar-refractivity contribution in [2.45, 2.75) is 120 Å². The topological polar surface area (TPSA) is 223 Å². The van der Waals surface area contributed by atoms with Gasteiger partial charge in [-0.2, -0.15) is 0 Å². The Morgan fingerprint density at radius 2 is 1.52 bits per heavy atom. The predicted octanol–water partition coefficient (Wildman–Crippen LogP) is 4.08. The van der Waals surface area contributed by atoms with Gasteiger partial charge in [-0.25, -0.2) is 14.4 Å². The summed E-state index contributed by atoms with van der Waals surface area (Å²) in [6.45, 7) is 5.12. The summed E-state index contributed by atoms with van der Waals surface area (Å²) in [5.41, 5.74) is -5.16. The van der Waals surface area contributed by atoms with E-state index in [1.165, 1.54) is 12.5 Å². The SMILES string of the molecule is CC(=O)OC(CCC[C@]12O[C@H](C(=O)O)[C@@](O)(C(=O)O)C(C(=O)O)(O1)[C@H](OC(=O)CC/C=C/C(C)CCCc1ccccc1)[C@H]2O)C(C)Cc1ccccc1. The number of esters is 2. The van der Waals surface area contributed by atoms with Gasteiger partial charge in [-0.15, -0.1) is 0 Å². The fraction of sp³-hybridized carbons (Fsp3) is 0.525. The third-order valence-electron chi connectivity index (χ3n) is 10.2. The molecule has 5 N–H and O–H groups in total. The van der Waals surface area contributed by atoms with E-state index in [0.29, 0.717) is 6.42 Å². The van der Waals surface area contributed by atoms with Crippen molar-refractivity contribution in [3.63, 3.8) is 0 Å². The largest absolute Gasteiger partial charge is 0.479 e. The summed E-state index contributed by atoms with van der Waals surface area (Å²) < 4.78 is 22.2. The van der Waals surface area contributed by atoms with Crippen molar-refractivity contribution >= 4 is 29.8 Å². The molecule has 0 amide bonds. The van der Waals surface area contributed by atoms with E-state index < -0.39 is 77.7 Å². The Bertz CT molecular complexity index is 1650. The third kappa shape index (κ3) is 9.17. The highest BCUT2D eigenvalue weighted by molar-refractivity contribution is 5.98. The quantitative estimate of drug-likeness (QED) is 0.0950. The second kappa shape index (κ2) is 18.1. The molecule has 2 saturated heterocycles. The first-order valence-electron chi connectivity index (χ1n) is 18.2. The van der Waals surface area contributed by atoms with E-state index in [1.54, 1.807) is 6.08 Å². The van der Waals surface area contributed by atoms with Gasteiger partial charge in [0.25, 0.3) is 0 Å². The van der Waals surface area contributed by atoms with E-state index in [4.69, 9.17) is 18.9 Å². The van der Waals surface area contributed by atoms with Crippen LogP contribution >= 0.6 is 0 Å². The van der Waals surface area contributed by atoms with Crippen LogP contribution in [0, 0.1) is 11.8 Å². The lowest BCUT2D eigenvalue weighted by atomic mass is 9.74. The number of hydrogen-bond donors (Lipinski definition) is 5. The molecule has 14 nitrogen and oxygen atoms in total. The number of fused-ring (bicyclic) bond motifs is 2. The van der Waals surface area contributed by atoms with Gasteiger partial charge >= 0.3 is 29.8 Å². The summed E-state index contributed by atoms with van der Waals surface area (Å²) in [6.07, 6.45) is -1.75. The van der Waals surface area contributed by atoms with Crippen LogP contribution in [0.15, 0.2) is 72.8 Å². The minimum Gasteiger partial charge on any atom is -0.479 e. The molecular formula is C40H50O14. The summed E-state index contributed by atoms with van der Waals surface area (Å²) >= 11 is 0. The lowest BCUT2D eigenvalue weighted by molar-refractivity contribution is -0.374. The van der Waals surface area contributed by atoms with Gasteiger partial charge in [-0.3, -0.25) is 9.59 Å². The van der Waals surface area contributed by atoms with E-state index in [-0.39, 0.29) is 37.5 Å². The van der Waals surface area contributed by atoms with Gasteiger partial charge in [0.15, 0.2) is 6.10 Å². The van der Waals surface area contributed by atoms with Crippen molar-refractivity contribution in [2.75, 3.05) is 0 Å². The van der Waals surface area contributed by atoms with Crippen LogP contribution in [0.3, 0.4) is 0 Å². The smallest absolute Gasteiger partial charge is 0.344 e. The van der Waals surface area contributed by atoms with Crippen LogP contribution in [-0.4, -0.2) is 96.8 Å². The first-order valence-corrected chi connectivity index (χ1v) is 18.2. The summed E-state index contributed by atoms with van der Waals surface area (Å²) in [5, 5.41) is 53.7. The Morgan fingerprint density at radius 3 is 2.09 bits per heavy atom. The zero-order chi connectivity index (χ0) is 39.7. The first kappa shape index (κ1) is 42.1. The maximum atomic E-state index is 13.2. The van der Waals surface area contributed by atoms with Crippen molar-refractivity contribution in [1.29, 1.82) is 0 Å². The van der Waals surface area contributed by atoms with E-state index in [2.05, 4.69) is 12.1 Å². The highest BCUT2D eigenvalue weighted by atomic mass is 16.8. The molecule has 2 aromatic rings. The number of carbonyl (C=O) groups excluding carboxylic acids is 2. The summed E-state index contributed by atoms with van der Waals surface area (Å²) in [6, 6.07) is 19.4. The number of rotatable bonds is 20. The zero-order valence-corrected chi connectivity index (χ0v) is 30.7. The average Bonchev–Trinajstić information content (AvgIpc) is 3.33. The number of benzene rings is 2. The fourth-order valence-corrected chi connectivity index (χ4v) is 7.38. The van der Waals surface area contributed by atoms with Crippen LogP contribution < -0.4 is 0 Å². The molecule has 0 saturated carbocycles. The summed E-state index contributed by atoms with van der Waals surface area (Å²) in [7, 11) is 0. The molecule has 2 aromatic carbocycles. The third-order valence-corrected chi connectivity index (χ3v) is 10.2. The monoisotopic (exact) mass is 754 g/mol. The molecule has 4 rings (SSSR count). The minimum absolute atomic E-state index is 0.0311. The van der Waals surface area contributed by atoms with Gasteiger partial charge in [-0.1, -0.05) is 86.7 Å². The molecule has 2 aliphatic rings. The van der Waals surface area contributed by atoms with Crippen LogP contribution in [-0.2, 0) is 55.8 Å². The molecular weight excluding hydrogens is 704 g/mol. The van der Waals surface area contributed by atoms with E-state index >= 15 is 0 Å². The Morgan fingerprint density at radius 1 is 0.889 bits per heavy atom. The Balaban J connectivity index is 1.51. The zero-order valence-electron chi connectivity index (χ0n) is 30.7. The van der Waals surface area contributed by atoms with Gasteiger partial charge in [0.05, 0.1) is 0 Å². The van der Waals surface area contributed by atoms with E-state index in [9.17, 15) is 49.5 Å². The number of hydrogen-bond acceptors (Lipinski definition) is 11. The highest BCUT2D eigenvalue weighted by Crippen LogP contribution is 2.55. The van der Waals surface area contributed by atoms with Crippen molar-refractivity contribution in [2.24, 2.45) is 11.8 Å². The van der Waals surface area contributed by atoms with Crippen LogP contribution in [0.4, 0.5) is 0 Å². The molecule has 0 aliphatic carbocycles. The van der Waals surface area contributed by atoms with E-state index in [1.807, 2.05) is 68.5 Å².